The molecule has 142 valence electrons. The summed E-state index contributed by atoms with van der Waals surface area (Å²) in [5.74, 6) is 0. The molecule has 0 saturated heterocycles. The van der Waals surface area contributed by atoms with E-state index in [4.69, 9.17) is 0 Å². The molecular formula is C29H21N. The Morgan fingerprint density at radius 1 is 0.533 bits per heavy atom. The standard InChI is InChI=1S/C29H21N/c1-18-14-19(2)16-21(15-18)28-17-20(12-13-30-28)22-10-11-27-24-7-4-3-6-23(24)26-9-5-8-25(22)29(26)27/h3-17H,1-2H3. The summed E-state index contributed by atoms with van der Waals surface area (Å²) < 4.78 is 0. The third kappa shape index (κ3) is 2.52. The quantitative estimate of drug-likeness (QED) is 0.297. The highest BCUT2D eigenvalue weighted by Crippen LogP contribution is 2.49. The lowest BCUT2D eigenvalue weighted by Crippen LogP contribution is -1.89. The maximum atomic E-state index is 4.68. The minimum Gasteiger partial charge on any atom is -0.256 e. The summed E-state index contributed by atoms with van der Waals surface area (Å²) >= 11 is 0. The number of aryl methyl sites for hydroxylation is 2. The van der Waals surface area contributed by atoms with Gasteiger partial charge in [0.05, 0.1) is 5.69 Å². The van der Waals surface area contributed by atoms with Crippen molar-refractivity contribution in [2.45, 2.75) is 13.8 Å². The van der Waals surface area contributed by atoms with E-state index >= 15 is 0 Å². The normalized spacial score (nSPS) is 11.7. The molecule has 0 radical (unpaired) electrons. The molecule has 0 N–H and O–H groups in total. The van der Waals surface area contributed by atoms with Gasteiger partial charge in [-0.3, -0.25) is 4.98 Å². The Kier molecular flexibility index (Phi) is 3.66. The SMILES string of the molecule is Cc1cc(C)cc(-c2cc(-c3ccc4c5c(cccc35)-c3ccccc3-4)ccn2)c1. The van der Waals surface area contributed by atoms with Gasteiger partial charge in [0.25, 0.3) is 0 Å². The van der Waals surface area contributed by atoms with Gasteiger partial charge in [0, 0.05) is 11.8 Å². The van der Waals surface area contributed by atoms with Gasteiger partial charge in [0.1, 0.15) is 0 Å². The zero-order valence-electron chi connectivity index (χ0n) is 17.1. The van der Waals surface area contributed by atoms with E-state index in [1.54, 1.807) is 0 Å². The Hall–Kier alpha value is -3.71. The van der Waals surface area contributed by atoms with Crippen molar-refractivity contribution in [2.75, 3.05) is 0 Å². The van der Waals surface area contributed by atoms with Gasteiger partial charge in [-0.1, -0.05) is 71.8 Å². The molecule has 0 aliphatic heterocycles. The molecule has 0 amide bonds. The Labute approximate surface area is 176 Å². The number of nitrogens with zero attached hydrogens (tertiary/aromatic N) is 1. The summed E-state index contributed by atoms with van der Waals surface area (Å²) in [6, 6.07) is 30.9. The average Bonchev–Trinajstić information content (AvgIpc) is 3.09. The molecule has 1 aliphatic rings. The summed E-state index contributed by atoms with van der Waals surface area (Å²) in [6.45, 7) is 4.28. The molecular weight excluding hydrogens is 362 g/mol. The number of benzene rings is 4. The number of rotatable bonds is 2. The molecule has 1 nitrogen and oxygen atoms in total. The van der Waals surface area contributed by atoms with Crippen LogP contribution in [0.25, 0.3) is 55.4 Å². The van der Waals surface area contributed by atoms with Crippen molar-refractivity contribution in [1.82, 2.24) is 4.98 Å². The molecule has 0 spiro atoms. The topological polar surface area (TPSA) is 12.9 Å². The van der Waals surface area contributed by atoms with E-state index in [0.717, 1.165) is 5.69 Å². The molecule has 0 bridgehead atoms. The van der Waals surface area contributed by atoms with Crippen LogP contribution in [-0.2, 0) is 0 Å². The van der Waals surface area contributed by atoms with Crippen LogP contribution in [0, 0.1) is 13.8 Å². The number of pyridine rings is 1. The zero-order valence-corrected chi connectivity index (χ0v) is 17.1. The first-order valence-electron chi connectivity index (χ1n) is 10.4. The minimum atomic E-state index is 1.02. The predicted molar refractivity (Wildman–Crippen MR) is 127 cm³/mol. The van der Waals surface area contributed by atoms with Crippen LogP contribution in [0.2, 0.25) is 0 Å². The van der Waals surface area contributed by atoms with Crippen molar-refractivity contribution in [3.63, 3.8) is 0 Å². The van der Waals surface area contributed by atoms with Gasteiger partial charge >= 0.3 is 0 Å². The Morgan fingerprint density at radius 3 is 1.97 bits per heavy atom. The third-order valence-corrected chi connectivity index (χ3v) is 6.14. The first kappa shape index (κ1) is 17.2. The van der Waals surface area contributed by atoms with E-state index in [2.05, 4.69) is 104 Å². The summed E-state index contributed by atoms with van der Waals surface area (Å²) in [6.07, 6.45) is 1.93. The van der Waals surface area contributed by atoms with Gasteiger partial charge in [-0.2, -0.15) is 0 Å². The van der Waals surface area contributed by atoms with Crippen molar-refractivity contribution >= 4 is 10.8 Å². The van der Waals surface area contributed by atoms with Crippen LogP contribution in [0.15, 0.2) is 91.1 Å². The fourth-order valence-electron chi connectivity index (χ4n) is 4.94. The van der Waals surface area contributed by atoms with E-state index in [1.165, 1.54) is 60.8 Å². The lowest BCUT2D eigenvalue weighted by atomic mass is 9.94. The van der Waals surface area contributed by atoms with E-state index < -0.39 is 0 Å². The molecule has 1 aliphatic carbocycles. The second-order valence-electron chi connectivity index (χ2n) is 8.24. The largest absolute Gasteiger partial charge is 0.256 e. The Morgan fingerprint density at radius 2 is 1.20 bits per heavy atom. The minimum absolute atomic E-state index is 1.02. The highest BCUT2D eigenvalue weighted by molar-refractivity contribution is 6.18. The van der Waals surface area contributed by atoms with Gasteiger partial charge in [0.2, 0.25) is 0 Å². The molecule has 1 aromatic heterocycles. The number of hydrogen-bond donors (Lipinski definition) is 0. The molecule has 0 unspecified atom stereocenters. The van der Waals surface area contributed by atoms with Gasteiger partial charge in [-0.05, 0) is 82.3 Å². The maximum Gasteiger partial charge on any atom is 0.0708 e. The van der Waals surface area contributed by atoms with Crippen LogP contribution in [0.1, 0.15) is 11.1 Å². The van der Waals surface area contributed by atoms with Crippen molar-refractivity contribution < 1.29 is 0 Å². The first-order valence-corrected chi connectivity index (χ1v) is 10.4. The van der Waals surface area contributed by atoms with Crippen molar-refractivity contribution in [1.29, 1.82) is 0 Å². The molecule has 0 saturated carbocycles. The smallest absolute Gasteiger partial charge is 0.0708 e. The highest BCUT2D eigenvalue weighted by atomic mass is 14.7. The fourth-order valence-corrected chi connectivity index (χ4v) is 4.94. The van der Waals surface area contributed by atoms with Crippen LogP contribution in [0.5, 0.6) is 0 Å². The number of hydrogen-bond acceptors (Lipinski definition) is 1. The molecule has 1 heterocycles. The van der Waals surface area contributed by atoms with Crippen molar-refractivity contribution in [3.8, 4) is 44.6 Å². The molecule has 0 atom stereocenters. The lowest BCUT2D eigenvalue weighted by Gasteiger charge is -2.11. The van der Waals surface area contributed by atoms with E-state index in [1.807, 2.05) is 6.20 Å². The second kappa shape index (κ2) is 6.40. The number of fused-ring (bicyclic) bond motifs is 3. The van der Waals surface area contributed by atoms with Gasteiger partial charge in [-0.15, -0.1) is 0 Å². The van der Waals surface area contributed by atoms with Crippen LogP contribution in [0.3, 0.4) is 0 Å². The summed E-state index contributed by atoms with van der Waals surface area (Å²) in [7, 11) is 0. The van der Waals surface area contributed by atoms with Gasteiger partial charge in [-0.25, -0.2) is 0 Å². The lowest BCUT2D eigenvalue weighted by molar-refractivity contribution is 1.30. The van der Waals surface area contributed by atoms with Crippen LogP contribution >= 0.6 is 0 Å². The molecule has 5 aromatic rings. The number of aromatic nitrogens is 1. The molecule has 0 fully saturated rings. The van der Waals surface area contributed by atoms with Crippen molar-refractivity contribution in [2.24, 2.45) is 0 Å². The average molecular weight is 383 g/mol. The van der Waals surface area contributed by atoms with Gasteiger partial charge < -0.3 is 0 Å². The second-order valence-corrected chi connectivity index (χ2v) is 8.24. The van der Waals surface area contributed by atoms with E-state index in [0.29, 0.717) is 0 Å². The van der Waals surface area contributed by atoms with Crippen molar-refractivity contribution in [3.05, 3.63) is 102 Å². The van der Waals surface area contributed by atoms with Gasteiger partial charge in [0.15, 0.2) is 0 Å². The van der Waals surface area contributed by atoms with E-state index in [9.17, 15) is 0 Å². The highest BCUT2D eigenvalue weighted by Gasteiger charge is 2.22. The monoisotopic (exact) mass is 383 g/mol. The fraction of sp³-hybridized carbons (Fsp3) is 0.0690. The third-order valence-electron chi connectivity index (χ3n) is 6.14. The Balaban J connectivity index is 1.57. The summed E-state index contributed by atoms with van der Waals surface area (Å²) in [4.78, 5) is 4.68. The predicted octanol–water partition coefficient (Wildman–Crippen LogP) is 7.83. The summed E-state index contributed by atoms with van der Waals surface area (Å²) in [5, 5.41) is 2.67. The van der Waals surface area contributed by atoms with Crippen LogP contribution in [0.4, 0.5) is 0 Å². The molecule has 1 heteroatoms. The summed E-state index contributed by atoms with van der Waals surface area (Å²) in [5.41, 5.74) is 12.5. The maximum absolute atomic E-state index is 4.68. The Bertz CT molecular complexity index is 1410. The molecule has 30 heavy (non-hydrogen) atoms. The molecule has 6 rings (SSSR count). The van der Waals surface area contributed by atoms with E-state index in [-0.39, 0.29) is 0 Å². The molecule has 4 aromatic carbocycles. The zero-order chi connectivity index (χ0) is 20.2. The van der Waals surface area contributed by atoms with Crippen LogP contribution in [-0.4, -0.2) is 4.98 Å². The van der Waals surface area contributed by atoms with Crippen LogP contribution < -0.4 is 0 Å². The first-order chi connectivity index (χ1) is 14.7.